The van der Waals surface area contributed by atoms with Gasteiger partial charge in [-0.25, -0.2) is 0 Å². The van der Waals surface area contributed by atoms with Gasteiger partial charge < -0.3 is 10.2 Å². The average Bonchev–Trinajstić information content (AvgIpc) is 2.65. The number of nitrogens with zero attached hydrogens (tertiary/aromatic N) is 1. The lowest BCUT2D eigenvalue weighted by Crippen LogP contribution is -2.44. The zero-order valence-electron chi connectivity index (χ0n) is 9.87. The number of likely N-dealkylation sites (N-methyl/N-ethyl adjacent to an activating group) is 1. The molecule has 1 N–H and O–H groups in total. The van der Waals surface area contributed by atoms with Crippen molar-refractivity contribution in [2.45, 2.75) is 31.8 Å². The van der Waals surface area contributed by atoms with Crippen LogP contribution in [0.4, 0.5) is 0 Å². The second-order valence-electron chi connectivity index (χ2n) is 4.66. The molecule has 1 aliphatic rings. The Hall–Kier alpha value is 0.1000. The smallest absolute Gasteiger partial charge is 0.0389 e. The minimum Gasteiger partial charge on any atom is -0.305 e. The van der Waals surface area contributed by atoms with E-state index < -0.39 is 0 Å². The number of rotatable bonds is 3. The minimum absolute atomic E-state index is 0.466. The third kappa shape index (κ3) is 3.29. The highest BCUT2D eigenvalue weighted by atomic mass is 79.9. The molecule has 4 heteroatoms. The highest BCUT2D eigenvalue weighted by Gasteiger charge is 2.19. The van der Waals surface area contributed by atoms with Crippen molar-refractivity contribution in [2.24, 2.45) is 0 Å². The maximum atomic E-state index is 3.73. The molecule has 2 nitrogen and oxygen atoms in total. The molecule has 0 saturated carbocycles. The standard InChI is InChI=1S/C12H19BrN2S/c1-9(12-6-10(13)8-16-12)14-11-4-3-5-15(2)7-11/h6,8-9,11,14H,3-5,7H2,1-2H3. The molecule has 0 aliphatic carbocycles. The zero-order valence-corrected chi connectivity index (χ0v) is 12.3. The molecule has 0 bridgehead atoms. The van der Waals surface area contributed by atoms with Crippen LogP contribution in [-0.4, -0.2) is 31.1 Å². The fourth-order valence-corrected chi connectivity index (χ4v) is 3.76. The fourth-order valence-electron chi connectivity index (χ4n) is 2.29. The van der Waals surface area contributed by atoms with Gasteiger partial charge in [-0.15, -0.1) is 11.3 Å². The van der Waals surface area contributed by atoms with Gasteiger partial charge in [0.15, 0.2) is 0 Å². The number of halogens is 1. The molecule has 2 unspecified atom stereocenters. The lowest BCUT2D eigenvalue weighted by atomic mass is 10.1. The van der Waals surface area contributed by atoms with Crippen molar-refractivity contribution in [2.75, 3.05) is 20.1 Å². The van der Waals surface area contributed by atoms with Crippen molar-refractivity contribution in [3.05, 3.63) is 20.8 Å². The Bertz CT molecular complexity index is 340. The van der Waals surface area contributed by atoms with Gasteiger partial charge in [0.1, 0.15) is 0 Å². The monoisotopic (exact) mass is 302 g/mol. The summed E-state index contributed by atoms with van der Waals surface area (Å²) in [7, 11) is 2.21. The summed E-state index contributed by atoms with van der Waals surface area (Å²) in [6, 6.07) is 3.33. The molecular formula is C12H19BrN2S. The van der Waals surface area contributed by atoms with E-state index in [-0.39, 0.29) is 0 Å². The molecule has 2 heterocycles. The van der Waals surface area contributed by atoms with Crippen LogP contribution in [0.15, 0.2) is 15.9 Å². The first-order valence-corrected chi connectivity index (χ1v) is 7.51. The van der Waals surface area contributed by atoms with Crippen LogP contribution in [0.1, 0.15) is 30.7 Å². The first kappa shape index (κ1) is 12.6. The summed E-state index contributed by atoms with van der Waals surface area (Å²) in [6.07, 6.45) is 2.62. The fraction of sp³-hybridized carbons (Fsp3) is 0.667. The second-order valence-corrected chi connectivity index (χ2v) is 6.52. The summed E-state index contributed by atoms with van der Waals surface area (Å²) < 4.78 is 1.20. The number of hydrogen-bond acceptors (Lipinski definition) is 3. The molecule has 1 aliphatic heterocycles. The van der Waals surface area contributed by atoms with Crippen molar-refractivity contribution in [1.29, 1.82) is 0 Å². The van der Waals surface area contributed by atoms with E-state index in [9.17, 15) is 0 Å². The molecule has 0 aromatic carbocycles. The quantitative estimate of drug-likeness (QED) is 0.922. The van der Waals surface area contributed by atoms with Gasteiger partial charge in [-0.3, -0.25) is 0 Å². The van der Waals surface area contributed by atoms with Crippen LogP contribution in [0, 0.1) is 0 Å². The molecular weight excluding hydrogens is 284 g/mol. The predicted octanol–water partition coefficient (Wildman–Crippen LogP) is 3.26. The van der Waals surface area contributed by atoms with Gasteiger partial charge >= 0.3 is 0 Å². The largest absolute Gasteiger partial charge is 0.305 e. The van der Waals surface area contributed by atoms with Crippen molar-refractivity contribution in [3.8, 4) is 0 Å². The Balaban J connectivity index is 1.89. The van der Waals surface area contributed by atoms with Gasteiger partial charge in [-0.1, -0.05) is 0 Å². The molecule has 0 spiro atoms. The topological polar surface area (TPSA) is 15.3 Å². The first-order valence-electron chi connectivity index (χ1n) is 5.83. The SMILES string of the molecule is CC(NC1CCCN(C)C1)c1cc(Br)cs1. The summed E-state index contributed by atoms with van der Waals surface area (Å²) in [5.74, 6) is 0. The summed E-state index contributed by atoms with van der Waals surface area (Å²) in [6.45, 7) is 4.68. The molecule has 0 amide bonds. The molecule has 1 aromatic rings. The molecule has 1 fully saturated rings. The van der Waals surface area contributed by atoms with E-state index in [4.69, 9.17) is 0 Å². The first-order chi connectivity index (χ1) is 7.65. The Morgan fingerprint density at radius 3 is 3.06 bits per heavy atom. The third-order valence-corrected chi connectivity index (χ3v) is 5.00. The van der Waals surface area contributed by atoms with Crippen molar-refractivity contribution >= 4 is 27.3 Å². The van der Waals surface area contributed by atoms with E-state index in [0.717, 1.165) is 0 Å². The molecule has 90 valence electrons. The Kier molecular flexibility index (Phi) is 4.41. The molecule has 2 rings (SSSR count). The lowest BCUT2D eigenvalue weighted by molar-refractivity contribution is 0.219. The summed E-state index contributed by atoms with van der Waals surface area (Å²) in [5.41, 5.74) is 0. The van der Waals surface area contributed by atoms with Crippen LogP contribution in [0.25, 0.3) is 0 Å². The minimum atomic E-state index is 0.466. The molecule has 0 radical (unpaired) electrons. The van der Waals surface area contributed by atoms with Gasteiger partial charge in [0, 0.05) is 33.4 Å². The average molecular weight is 303 g/mol. The Labute approximate surface area is 110 Å². The molecule has 2 atom stereocenters. The number of thiophene rings is 1. The maximum absolute atomic E-state index is 3.73. The number of piperidine rings is 1. The van der Waals surface area contributed by atoms with Crippen LogP contribution in [0.2, 0.25) is 0 Å². The van der Waals surface area contributed by atoms with Crippen LogP contribution >= 0.6 is 27.3 Å². The van der Waals surface area contributed by atoms with Crippen molar-refractivity contribution in [3.63, 3.8) is 0 Å². The number of nitrogens with one attached hydrogen (secondary N) is 1. The molecule has 1 saturated heterocycles. The highest BCUT2D eigenvalue weighted by Crippen LogP contribution is 2.26. The second kappa shape index (κ2) is 5.63. The van der Waals surface area contributed by atoms with Gasteiger partial charge in [0.25, 0.3) is 0 Å². The van der Waals surface area contributed by atoms with Gasteiger partial charge in [-0.2, -0.15) is 0 Å². The van der Waals surface area contributed by atoms with E-state index >= 15 is 0 Å². The number of likely N-dealkylation sites (tertiary alicyclic amines) is 1. The third-order valence-electron chi connectivity index (χ3n) is 3.12. The van der Waals surface area contributed by atoms with E-state index in [1.165, 1.54) is 35.3 Å². The predicted molar refractivity (Wildman–Crippen MR) is 74.1 cm³/mol. The van der Waals surface area contributed by atoms with Crippen molar-refractivity contribution in [1.82, 2.24) is 10.2 Å². The van der Waals surface area contributed by atoms with Crippen LogP contribution in [-0.2, 0) is 0 Å². The van der Waals surface area contributed by atoms with Crippen LogP contribution in [0.3, 0.4) is 0 Å². The summed E-state index contributed by atoms with van der Waals surface area (Å²) >= 11 is 5.33. The van der Waals surface area contributed by atoms with Gasteiger partial charge in [0.2, 0.25) is 0 Å². The Morgan fingerprint density at radius 1 is 1.62 bits per heavy atom. The van der Waals surface area contributed by atoms with Crippen molar-refractivity contribution < 1.29 is 0 Å². The normalized spacial score (nSPS) is 24.6. The summed E-state index contributed by atoms with van der Waals surface area (Å²) in [5, 5.41) is 5.88. The van der Waals surface area contributed by atoms with Gasteiger partial charge in [0.05, 0.1) is 0 Å². The molecule has 16 heavy (non-hydrogen) atoms. The number of hydrogen-bond donors (Lipinski definition) is 1. The summed E-state index contributed by atoms with van der Waals surface area (Å²) in [4.78, 5) is 3.83. The van der Waals surface area contributed by atoms with Crippen LogP contribution < -0.4 is 5.32 Å². The van der Waals surface area contributed by atoms with E-state index in [2.05, 4.69) is 51.6 Å². The van der Waals surface area contributed by atoms with E-state index in [1.54, 1.807) is 0 Å². The van der Waals surface area contributed by atoms with E-state index in [0.29, 0.717) is 12.1 Å². The lowest BCUT2D eigenvalue weighted by Gasteiger charge is -2.32. The Morgan fingerprint density at radius 2 is 2.44 bits per heavy atom. The van der Waals surface area contributed by atoms with E-state index in [1.807, 2.05) is 11.3 Å². The van der Waals surface area contributed by atoms with Gasteiger partial charge in [-0.05, 0) is 55.4 Å². The van der Waals surface area contributed by atoms with Crippen LogP contribution in [0.5, 0.6) is 0 Å². The maximum Gasteiger partial charge on any atom is 0.0389 e. The highest BCUT2D eigenvalue weighted by molar-refractivity contribution is 9.10. The zero-order chi connectivity index (χ0) is 11.5. The molecule has 1 aromatic heterocycles.